The summed E-state index contributed by atoms with van der Waals surface area (Å²) in [6, 6.07) is 12.3. The van der Waals surface area contributed by atoms with Crippen molar-refractivity contribution in [2.45, 2.75) is 13.5 Å². The number of hydrogen-bond donors (Lipinski definition) is 0. The van der Waals surface area contributed by atoms with Gasteiger partial charge in [-0.2, -0.15) is 4.39 Å². The van der Waals surface area contributed by atoms with E-state index in [0.717, 1.165) is 5.56 Å². The SMILES string of the molecule is Cc1ccc(OCc2ccccc2)c(F)c1F. The van der Waals surface area contributed by atoms with Gasteiger partial charge in [-0.05, 0) is 24.1 Å². The van der Waals surface area contributed by atoms with Gasteiger partial charge >= 0.3 is 0 Å². The van der Waals surface area contributed by atoms with E-state index >= 15 is 0 Å². The number of halogens is 2. The molecule has 0 saturated carbocycles. The number of aryl methyl sites for hydroxylation is 1. The maximum Gasteiger partial charge on any atom is 0.200 e. The molecule has 88 valence electrons. The average Bonchev–Trinajstić information content (AvgIpc) is 2.36. The largest absolute Gasteiger partial charge is 0.486 e. The van der Waals surface area contributed by atoms with E-state index in [1.165, 1.54) is 19.1 Å². The minimum atomic E-state index is -0.930. The first-order chi connectivity index (χ1) is 8.18. The van der Waals surface area contributed by atoms with Gasteiger partial charge in [0.15, 0.2) is 11.6 Å². The zero-order valence-electron chi connectivity index (χ0n) is 9.41. The van der Waals surface area contributed by atoms with Crippen molar-refractivity contribution in [2.24, 2.45) is 0 Å². The first-order valence-electron chi connectivity index (χ1n) is 5.30. The van der Waals surface area contributed by atoms with Crippen LogP contribution in [0, 0.1) is 18.6 Å². The second kappa shape index (κ2) is 4.95. The molecule has 0 fully saturated rings. The molecule has 0 atom stereocenters. The van der Waals surface area contributed by atoms with Gasteiger partial charge in [-0.15, -0.1) is 0 Å². The predicted octanol–water partition coefficient (Wildman–Crippen LogP) is 3.85. The number of ether oxygens (including phenoxy) is 1. The summed E-state index contributed by atoms with van der Waals surface area (Å²) in [5.74, 6) is -1.84. The van der Waals surface area contributed by atoms with Crippen LogP contribution in [0.5, 0.6) is 5.75 Å². The molecule has 3 heteroatoms. The van der Waals surface area contributed by atoms with Crippen molar-refractivity contribution in [3.63, 3.8) is 0 Å². The van der Waals surface area contributed by atoms with E-state index in [4.69, 9.17) is 4.74 Å². The quantitative estimate of drug-likeness (QED) is 0.783. The Hall–Kier alpha value is -1.90. The first kappa shape index (κ1) is 11.6. The van der Waals surface area contributed by atoms with Crippen LogP contribution in [-0.4, -0.2) is 0 Å². The molecule has 0 N–H and O–H groups in total. The normalized spacial score (nSPS) is 10.3. The van der Waals surface area contributed by atoms with E-state index in [1.54, 1.807) is 0 Å². The van der Waals surface area contributed by atoms with Crippen molar-refractivity contribution in [1.29, 1.82) is 0 Å². The Morgan fingerprint density at radius 1 is 0.941 bits per heavy atom. The van der Waals surface area contributed by atoms with Crippen LogP contribution < -0.4 is 4.74 Å². The maximum atomic E-state index is 13.5. The smallest absolute Gasteiger partial charge is 0.200 e. The third-order valence-corrected chi connectivity index (χ3v) is 2.48. The van der Waals surface area contributed by atoms with Crippen molar-refractivity contribution >= 4 is 0 Å². The highest BCUT2D eigenvalue weighted by atomic mass is 19.2. The molecule has 0 saturated heterocycles. The van der Waals surface area contributed by atoms with Crippen LogP contribution in [0.3, 0.4) is 0 Å². The van der Waals surface area contributed by atoms with Crippen molar-refractivity contribution in [2.75, 3.05) is 0 Å². The van der Waals surface area contributed by atoms with Crippen molar-refractivity contribution < 1.29 is 13.5 Å². The molecule has 2 aromatic carbocycles. The van der Waals surface area contributed by atoms with Crippen molar-refractivity contribution in [3.05, 3.63) is 65.2 Å². The van der Waals surface area contributed by atoms with Gasteiger partial charge in [0, 0.05) is 0 Å². The predicted molar refractivity (Wildman–Crippen MR) is 61.9 cm³/mol. The van der Waals surface area contributed by atoms with Gasteiger partial charge in [-0.1, -0.05) is 36.4 Å². The molecule has 2 aromatic rings. The Balaban J connectivity index is 2.13. The molecule has 17 heavy (non-hydrogen) atoms. The second-order valence-electron chi connectivity index (χ2n) is 3.78. The van der Waals surface area contributed by atoms with Crippen LogP contribution in [0.2, 0.25) is 0 Å². The summed E-state index contributed by atoms with van der Waals surface area (Å²) in [4.78, 5) is 0. The summed E-state index contributed by atoms with van der Waals surface area (Å²) in [6.07, 6.45) is 0. The van der Waals surface area contributed by atoms with E-state index in [2.05, 4.69) is 0 Å². The molecule has 0 unspecified atom stereocenters. The zero-order valence-corrected chi connectivity index (χ0v) is 9.41. The second-order valence-corrected chi connectivity index (χ2v) is 3.78. The fourth-order valence-electron chi connectivity index (χ4n) is 1.48. The molecule has 0 aliphatic rings. The van der Waals surface area contributed by atoms with Crippen LogP contribution in [0.1, 0.15) is 11.1 Å². The van der Waals surface area contributed by atoms with Gasteiger partial charge in [-0.25, -0.2) is 4.39 Å². The van der Waals surface area contributed by atoms with Crippen LogP contribution in [0.4, 0.5) is 8.78 Å². The van der Waals surface area contributed by atoms with Crippen molar-refractivity contribution in [1.82, 2.24) is 0 Å². The minimum absolute atomic E-state index is 0.0584. The summed E-state index contributed by atoms with van der Waals surface area (Å²) in [5.41, 5.74) is 1.18. The van der Waals surface area contributed by atoms with Gasteiger partial charge in [0.05, 0.1) is 0 Å². The Morgan fingerprint density at radius 3 is 2.35 bits per heavy atom. The fourth-order valence-corrected chi connectivity index (χ4v) is 1.48. The Morgan fingerprint density at radius 2 is 1.65 bits per heavy atom. The average molecular weight is 234 g/mol. The molecule has 1 nitrogen and oxygen atoms in total. The summed E-state index contributed by atoms with van der Waals surface area (Å²) in [5, 5.41) is 0. The topological polar surface area (TPSA) is 9.23 Å². The van der Waals surface area contributed by atoms with E-state index in [0.29, 0.717) is 0 Å². The molecular weight excluding hydrogens is 222 g/mol. The van der Waals surface area contributed by atoms with Crippen LogP contribution >= 0.6 is 0 Å². The van der Waals surface area contributed by atoms with Crippen LogP contribution in [-0.2, 0) is 6.61 Å². The highest BCUT2D eigenvalue weighted by Gasteiger charge is 2.11. The molecule has 0 aliphatic carbocycles. The van der Waals surface area contributed by atoms with Crippen molar-refractivity contribution in [3.8, 4) is 5.75 Å². The Kier molecular flexibility index (Phi) is 3.38. The number of rotatable bonds is 3. The van der Waals surface area contributed by atoms with E-state index < -0.39 is 11.6 Å². The molecule has 0 bridgehead atoms. The summed E-state index contributed by atoms with van der Waals surface area (Å²) >= 11 is 0. The van der Waals surface area contributed by atoms with E-state index in [-0.39, 0.29) is 17.9 Å². The first-order valence-corrected chi connectivity index (χ1v) is 5.30. The molecule has 0 heterocycles. The Bertz CT molecular complexity index is 509. The third kappa shape index (κ3) is 2.61. The van der Waals surface area contributed by atoms with Gasteiger partial charge in [-0.3, -0.25) is 0 Å². The maximum absolute atomic E-state index is 13.5. The highest BCUT2D eigenvalue weighted by Crippen LogP contribution is 2.22. The van der Waals surface area contributed by atoms with Crippen LogP contribution in [0.25, 0.3) is 0 Å². The lowest BCUT2D eigenvalue weighted by atomic mass is 10.2. The van der Waals surface area contributed by atoms with Gasteiger partial charge in [0.1, 0.15) is 6.61 Å². The third-order valence-electron chi connectivity index (χ3n) is 2.48. The summed E-state index contributed by atoms with van der Waals surface area (Å²) in [6.45, 7) is 1.74. The van der Waals surface area contributed by atoms with Gasteiger partial charge < -0.3 is 4.74 Å². The summed E-state index contributed by atoms with van der Waals surface area (Å²) in [7, 11) is 0. The van der Waals surface area contributed by atoms with E-state index in [9.17, 15) is 8.78 Å². The highest BCUT2D eigenvalue weighted by molar-refractivity contribution is 5.30. The van der Waals surface area contributed by atoms with E-state index in [1.807, 2.05) is 30.3 Å². The summed E-state index contributed by atoms with van der Waals surface area (Å²) < 4.78 is 32.0. The molecule has 0 amide bonds. The molecule has 2 rings (SSSR count). The number of hydrogen-bond acceptors (Lipinski definition) is 1. The fraction of sp³-hybridized carbons (Fsp3) is 0.143. The molecular formula is C14H12F2O. The molecule has 0 aromatic heterocycles. The standard InChI is InChI=1S/C14H12F2O/c1-10-7-8-12(14(16)13(10)15)17-9-11-5-3-2-4-6-11/h2-8H,9H2,1H3. The van der Waals surface area contributed by atoms with Crippen LogP contribution in [0.15, 0.2) is 42.5 Å². The molecule has 0 spiro atoms. The lowest BCUT2D eigenvalue weighted by molar-refractivity contribution is 0.284. The zero-order chi connectivity index (χ0) is 12.3. The molecule has 0 radical (unpaired) electrons. The Labute approximate surface area is 98.7 Å². The van der Waals surface area contributed by atoms with Gasteiger partial charge in [0.2, 0.25) is 5.82 Å². The molecule has 0 aliphatic heterocycles. The number of benzene rings is 2. The lowest BCUT2D eigenvalue weighted by Gasteiger charge is -2.08. The van der Waals surface area contributed by atoms with Gasteiger partial charge in [0.25, 0.3) is 0 Å². The monoisotopic (exact) mass is 234 g/mol. The lowest BCUT2D eigenvalue weighted by Crippen LogP contribution is -1.99. The minimum Gasteiger partial charge on any atom is -0.486 e.